The number of anilines is 1. The van der Waals surface area contributed by atoms with Crippen molar-refractivity contribution in [3.63, 3.8) is 0 Å². The van der Waals surface area contributed by atoms with Gasteiger partial charge in [0.05, 0.1) is 18.2 Å². The Kier molecular flexibility index (Phi) is 7.25. The molecule has 2 aromatic rings. The molecule has 2 saturated carbocycles. The van der Waals surface area contributed by atoms with Crippen molar-refractivity contribution in [3.05, 3.63) is 40.7 Å². The summed E-state index contributed by atoms with van der Waals surface area (Å²) in [6.07, 6.45) is 5.64. The van der Waals surface area contributed by atoms with E-state index in [1.807, 2.05) is 23.1 Å². The van der Waals surface area contributed by atoms with Gasteiger partial charge in [-0.05, 0) is 97.5 Å². The van der Waals surface area contributed by atoms with Crippen LogP contribution >= 0.6 is 0 Å². The minimum atomic E-state index is -0.680. The number of ether oxygens (including phenoxy) is 1. The predicted octanol–water partition coefficient (Wildman–Crippen LogP) is 3.08. The van der Waals surface area contributed by atoms with E-state index in [1.165, 1.54) is 0 Å². The van der Waals surface area contributed by atoms with Crippen LogP contribution in [0, 0.1) is 30.6 Å². The number of carbonyl (C=O) groups is 3. The lowest BCUT2D eigenvalue weighted by atomic mass is 9.88. The van der Waals surface area contributed by atoms with Gasteiger partial charge in [-0.25, -0.2) is 9.42 Å². The standard InChI is InChI=1S/C30H40N6O5/c1-16(2)23-14-36(29(39)32-23)30(15-40-4)12-20-9-10-22(11-21(20)13-30)31-28(38)26(24(18-5-6-18)19-7-8-19)33-27(37)25-17(3)34-41-35-25/h9-11,16,18-19,23-24,26H,5-8,12-15H2,1-4H3,(H,31,38)(H,32,39)(H,33,37)/t23-,26-,30?/m0/s1. The van der Waals surface area contributed by atoms with Crippen molar-refractivity contribution >= 4 is 23.5 Å². The normalized spacial score (nSPS) is 24.5. The minimum absolute atomic E-state index is 0.0515. The maximum Gasteiger partial charge on any atom is 0.318 e. The van der Waals surface area contributed by atoms with Gasteiger partial charge in [0.15, 0.2) is 5.69 Å². The quantitative estimate of drug-likeness (QED) is 0.381. The van der Waals surface area contributed by atoms with Crippen molar-refractivity contribution < 1.29 is 23.7 Å². The first-order valence-electron chi connectivity index (χ1n) is 14.8. The van der Waals surface area contributed by atoms with Gasteiger partial charge in [-0.15, -0.1) is 0 Å². The fourth-order valence-corrected chi connectivity index (χ4v) is 6.90. The SMILES string of the molecule is COCC1(N2C[C@@H](C(C)C)NC2=O)Cc2ccc(NC(=O)[C@@H](NC(=O)c3nonc3C)C(C3CC3)C3CC3)cc2C1. The minimum Gasteiger partial charge on any atom is -0.382 e. The smallest absolute Gasteiger partial charge is 0.318 e. The summed E-state index contributed by atoms with van der Waals surface area (Å²) in [5.74, 6) is 0.623. The van der Waals surface area contributed by atoms with Crippen molar-refractivity contribution in [1.82, 2.24) is 25.8 Å². The number of nitrogens with one attached hydrogen (secondary N) is 3. The number of nitrogens with zero attached hydrogens (tertiary/aromatic N) is 3. The second kappa shape index (κ2) is 10.7. The van der Waals surface area contributed by atoms with Crippen LogP contribution in [0.2, 0.25) is 0 Å². The molecule has 4 aliphatic rings. The zero-order valence-electron chi connectivity index (χ0n) is 24.2. The highest BCUT2D eigenvalue weighted by Gasteiger charge is 2.50. The predicted molar refractivity (Wildman–Crippen MR) is 150 cm³/mol. The molecule has 3 aliphatic carbocycles. The van der Waals surface area contributed by atoms with Crippen LogP contribution in [0.5, 0.6) is 0 Å². The summed E-state index contributed by atoms with van der Waals surface area (Å²) in [7, 11) is 1.67. The van der Waals surface area contributed by atoms with Crippen molar-refractivity contribution in [3.8, 4) is 0 Å². The van der Waals surface area contributed by atoms with Crippen LogP contribution in [0.3, 0.4) is 0 Å². The van der Waals surface area contributed by atoms with E-state index < -0.39 is 17.5 Å². The summed E-state index contributed by atoms with van der Waals surface area (Å²) in [5.41, 5.74) is 2.93. The average Bonchev–Trinajstić information content (AvgIpc) is 3.83. The molecule has 3 N–H and O–H groups in total. The number of amides is 4. The molecule has 11 heteroatoms. The Bertz CT molecular complexity index is 1320. The highest BCUT2D eigenvalue weighted by molar-refractivity contribution is 6.01. The van der Waals surface area contributed by atoms with Crippen molar-refractivity contribution in [2.75, 3.05) is 25.6 Å². The molecule has 1 aromatic carbocycles. The summed E-state index contributed by atoms with van der Waals surface area (Å²) in [6.45, 7) is 6.96. The monoisotopic (exact) mass is 564 g/mol. The van der Waals surface area contributed by atoms with E-state index >= 15 is 0 Å². The Balaban J connectivity index is 1.21. The molecule has 4 amide bonds. The molecular weight excluding hydrogens is 524 g/mol. The van der Waals surface area contributed by atoms with Crippen LogP contribution in [-0.4, -0.2) is 70.9 Å². The third kappa shape index (κ3) is 5.43. The molecule has 0 spiro atoms. The second-order valence-electron chi connectivity index (χ2n) is 12.8. The lowest BCUT2D eigenvalue weighted by Crippen LogP contribution is -2.54. The maximum absolute atomic E-state index is 13.8. The van der Waals surface area contributed by atoms with E-state index in [1.54, 1.807) is 14.0 Å². The Morgan fingerprint density at radius 1 is 1.15 bits per heavy atom. The number of aryl methyl sites for hydroxylation is 1. The second-order valence-corrected chi connectivity index (χ2v) is 12.8. The van der Waals surface area contributed by atoms with Gasteiger partial charge in [-0.2, -0.15) is 0 Å². The largest absolute Gasteiger partial charge is 0.382 e. The molecular formula is C30H40N6O5. The number of urea groups is 1. The van der Waals surface area contributed by atoms with Crippen molar-refractivity contribution in [2.24, 2.45) is 23.7 Å². The topological polar surface area (TPSA) is 139 Å². The lowest BCUT2D eigenvalue weighted by molar-refractivity contribution is -0.119. The highest BCUT2D eigenvalue weighted by atomic mass is 16.6. The number of hydrogen-bond donors (Lipinski definition) is 3. The number of hydrogen-bond acceptors (Lipinski definition) is 7. The van der Waals surface area contributed by atoms with Gasteiger partial charge >= 0.3 is 6.03 Å². The molecule has 1 saturated heterocycles. The van der Waals surface area contributed by atoms with Gasteiger partial charge in [-0.1, -0.05) is 25.1 Å². The van der Waals surface area contributed by atoms with Gasteiger partial charge in [0.25, 0.3) is 5.91 Å². The number of methoxy groups -OCH3 is 1. The molecule has 0 bridgehead atoms. The summed E-state index contributed by atoms with van der Waals surface area (Å²) in [5, 5.41) is 16.7. The zero-order chi connectivity index (χ0) is 28.9. The van der Waals surface area contributed by atoms with Crippen molar-refractivity contribution in [1.29, 1.82) is 0 Å². The number of benzene rings is 1. The van der Waals surface area contributed by atoms with Crippen LogP contribution in [0.1, 0.15) is 66.8 Å². The molecule has 6 rings (SSSR count). The molecule has 220 valence electrons. The molecule has 41 heavy (non-hydrogen) atoms. The summed E-state index contributed by atoms with van der Waals surface area (Å²) < 4.78 is 10.4. The first-order valence-corrected chi connectivity index (χ1v) is 14.8. The van der Waals surface area contributed by atoms with Gasteiger partial charge in [0.1, 0.15) is 11.7 Å². The Labute approximate surface area is 240 Å². The Hall–Kier alpha value is -3.47. The molecule has 0 radical (unpaired) electrons. The summed E-state index contributed by atoms with van der Waals surface area (Å²) in [6, 6.07) is 5.32. The van der Waals surface area contributed by atoms with E-state index in [-0.39, 0.29) is 29.6 Å². The average molecular weight is 565 g/mol. The molecule has 1 aromatic heterocycles. The van der Waals surface area contributed by atoms with Crippen LogP contribution < -0.4 is 16.0 Å². The van der Waals surface area contributed by atoms with E-state index in [9.17, 15) is 14.4 Å². The third-order valence-electron chi connectivity index (χ3n) is 9.39. The molecule has 1 unspecified atom stereocenters. The molecule has 3 atom stereocenters. The molecule has 3 fully saturated rings. The molecule has 2 heterocycles. The Morgan fingerprint density at radius 2 is 1.85 bits per heavy atom. The summed E-state index contributed by atoms with van der Waals surface area (Å²) >= 11 is 0. The number of rotatable bonds is 11. The molecule has 1 aliphatic heterocycles. The number of carbonyl (C=O) groups excluding carboxylic acids is 3. The van der Waals surface area contributed by atoms with Gasteiger partial charge < -0.3 is 25.6 Å². The van der Waals surface area contributed by atoms with Crippen LogP contribution in [0.25, 0.3) is 0 Å². The highest BCUT2D eigenvalue weighted by Crippen LogP contribution is 2.51. The van der Waals surface area contributed by atoms with E-state index in [2.05, 4.69) is 40.1 Å². The van der Waals surface area contributed by atoms with Gasteiger partial charge in [-0.3, -0.25) is 9.59 Å². The summed E-state index contributed by atoms with van der Waals surface area (Å²) in [4.78, 5) is 41.9. The van der Waals surface area contributed by atoms with Gasteiger partial charge in [0.2, 0.25) is 5.91 Å². The number of aromatic nitrogens is 2. The van der Waals surface area contributed by atoms with E-state index in [4.69, 9.17) is 9.37 Å². The first kappa shape index (κ1) is 27.7. The van der Waals surface area contributed by atoms with Crippen LogP contribution in [0.15, 0.2) is 22.8 Å². The fraction of sp³-hybridized carbons (Fsp3) is 0.633. The van der Waals surface area contributed by atoms with Crippen LogP contribution in [-0.2, 0) is 22.4 Å². The third-order valence-corrected chi connectivity index (χ3v) is 9.39. The Morgan fingerprint density at radius 3 is 2.44 bits per heavy atom. The zero-order valence-corrected chi connectivity index (χ0v) is 24.2. The van der Waals surface area contributed by atoms with Crippen LogP contribution in [0.4, 0.5) is 10.5 Å². The first-order chi connectivity index (χ1) is 19.7. The van der Waals surface area contributed by atoms with Gasteiger partial charge in [0, 0.05) is 19.3 Å². The van der Waals surface area contributed by atoms with Crippen molar-refractivity contribution in [2.45, 2.75) is 76.9 Å². The maximum atomic E-state index is 13.8. The van der Waals surface area contributed by atoms with E-state index in [0.29, 0.717) is 55.1 Å². The lowest BCUT2D eigenvalue weighted by Gasteiger charge is -2.37. The van der Waals surface area contributed by atoms with E-state index in [0.717, 1.165) is 36.8 Å². The number of fused-ring (bicyclic) bond motifs is 1. The molecule has 11 nitrogen and oxygen atoms in total. The fourth-order valence-electron chi connectivity index (χ4n) is 6.90.